The van der Waals surface area contributed by atoms with Crippen molar-refractivity contribution >= 4 is 23.4 Å². The minimum atomic E-state index is -0.384. The highest BCUT2D eigenvalue weighted by atomic mass is 16.3. The predicted octanol–water partition coefficient (Wildman–Crippen LogP) is 2.75. The number of nitrogens with one attached hydrogen (secondary N) is 4. The van der Waals surface area contributed by atoms with Crippen molar-refractivity contribution in [3.63, 3.8) is 0 Å². The first kappa shape index (κ1) is 21.5. The summed E-state index contributed by atoms with van der Waals surface area (Å²) in [5.41, 5.74) is 3.96. The van der Waals surface area contributed by atoms with Gasteiger partial charge in [-0.3, -0.25) is 9.89 Å². The Morgan fingerprint density at radius 3 is 2.74 bits per heavy atom. The Bertz CT molecular complexity index is 1320. The topological polar surface area (TPSA) is 141 Å². The summed E-state index contributed by atoms with van der Waals surface area (Å²) in [6, 6.07) is 14.8. The summed E-state index contributed by atoms with van der Waals surface area (Å²) in [5.74, 6) is 1.91. The molecule has 0 unspecified atom stereocenters. The normalized spacial score (nSPS) is 13.6. The fourth-order valence-corrected chi connectivity index (χ4v) is 3.90. The van der Waals surface area contributed by atoms with Crippen LogP contribution in [0.4, 0.5) is 17.5 Å². The molecule has 5 N–H and O–H groups in total. The van der Waals surface area contributed by atoms with Crippen molar-refractivity contribution in [3.05, 3.63) is 77.2 Å². The fraction of sp³-hybridized carbons (Fsp3) is 0.208. The van der Waals surface area contributed by atoms with Gasteiger partial charge >= 0.3 is 0 Å². The molecular weight excluding hydrogens is 432 g/mol. The van der Waals surface area contributed by atoms with E-state index in [9.17, 15) is 9.90 Å². The van der Waals surface area contributed by atoms with Gasteiger partial charge in [0, 0.05) is 24.0 Å². The molecule has 34 heavy (non-hydrogen) atoms. The zero-order valence-electron chi connectivity index (χ0n) is 18.5. The summed E-state index contributed by atoms with van der Waals surface area (Å²) in [6.45, 7) is 2.31. The molecule has 10 nitrogen and oxygen atoms in total. The van der Waals surface area contributed by atoms with Crippen LogP contribution in [0, 0.1) is 6.92 Å². The molecule has 2 aromatic carbocycles. The Morgan fingerprint density at radius 2 is 1.97 bits per heavy atom. The van der Waals surface area contributed by atoms with Gasteiger partial charge in [0.1, 0.15) is 11.6 Å². The van der Waals surface area contributed by atoms with E-state index in [0.29, 0.717) is 41.1 Å². The average Bonchev–Trinajstić information content (AvgIpc) is 3.29. The van der Waals surface area contributed by atoms with Gasteiger partial charge in [-0.2, -0.15) is 10.1 Å². The quantitative estimate of drug-likeness (QED) is 0.286. The molecule has 0 saturated carbocycles. The maximum Gasteiger partial charge on any atom is 0.251 e. The number of nitrogens with zero attached hydrogens (tertiary/aromatic N) is 4. The summed E-state index contributed by atoms with van der Waals surface area (Å²) in [7, 11) is 0. The monoisotopic (exact) mass is 456 g/mol. The Labute approximate surface area is 195 Å². The molecule has 1 atom stereocenters. The third-order valence-electron chi connectivity index (χ3n) is 5.61. The molecule has 10 heteroatoms. The van der Waals surface area contributed by atoms with Crippen LogP contribution < -0.4 is 16.0 Å². The predicted molar refractivity (Wildman–Crippen MR) is 128 cm³/mol. The number of hydrogen-bond donors (Lipinski definition) is 5. The minimum Gasteiger partial charge on any atom is -0.394 e. The van der Waals surface area contributed by atoms with Crippen LogP contribution in [-0.4, -0.2) is 49.3 Å². The molecule has 5 rings (SSSR count). The third-order valence-corrected chi connectivity index (χ3v) is 5.61. The van der Waals surface area contributed by atoms with Crippen molar-refractivity contribution < 1.29 is 9.90 Å². The first-order valence-electron chi connectivity index (χ1n) is 11.0. The number of amides is 1. The van der Waals surface area contributed by atoms with Gasteiger partial charge in [0.2, 0.25) is 5.95 Å². The molecule has 0 spiro atoms. The number of aliphatic hydroxyl groups is 1. The van der Waals surface area contributed by atoms with Gasteiger partial charge in [-0.25, -0.2) is 9.97 Å². The van der Waals surface area contributed by atoms with Crippen LogP contribution in [0.3, 0.4) is 0 Å². The van der Waals surface area contributed by atoms with Crippen molar-refractivity contribution in [2.45, 2.75) is 19.4 Å². The van der Waals surface area contributed by atoms with Gasteiger partial charge in [0.25, 0.3) is 5.91 Å². The van der Waals surface area contributed by atoms with E-state index in [2.05, 4.69) is 41.1 Å². The van der Waals surface area contributed by atoms with Crippen molar-refractivity contribution in [1.82, 2.24) is 30.5 Å². The van der Waals surface area contributed by atoms with Crippen LogP contribution in [0.2, 0.25) is 0 Å². The number of hydrogen-bond acceptors (Lipinski definition) is 8. The Hall–Kier alpha value is -4.31. The highest BCUT2D eigenvalue weighted by Crippen LogP contribution is 2.29. The molecule has 1 aliphatic heterocycles. The third kappa shape index (κ3) is 4.44. The second kappa shape index (κ2) is 9.28. The van der Waals surface area contributed by atoms with Crippen LogP contribution in [0.25, 0.3) is 11.4 Å². The molecule has 0 radical (unpaired) electrons. The van der Waals surface area contributed by atoms with Crippen LogP contribution in [0.1, 0.15) is 33.4 Å². The molecule has 0 saturated heterocycles. The van der Waals surface area contributed by atoms with Gasteiger partial charge in [-0.15, -0.1) is 0 Å². The molecule has 3 heterocycles. The Balaban J connectivity index is 1.48. The van der Waals surface area contributed by atoms with Gasteiger partial charge < -0.3 is 21.1 Å². The van der Waals surface area contributed by atoms with Gasteiger partial charge in [-0.1, -0.05) is 30.3 Å². The van der Waals surface area contributed by atoms with Crippen molar-refractivity contribution in [1.29, 1.82) is 0 Å². The van der Waals surface area contributed by atoms with Crippen molar-refractivity contribution in [3.8, 4) is 11.4 Å². The second-order valence-electron chi connectivity index (χ2n) is 7.99. The van der Waals surface area contributed by atoms with Crippen LogP contribution in [-0.2, 0) is 6.42 Å². The number of anilines is 3. The number of aromatic nitrogens is 5. The molecule has 4 aromatic rings. The lowest BCUT2D eigenvalue weighted by Crippen LogP contribution is -2.31. The zero-order chi connectivity index (χ0) is 23.5. The molecule has 2 aromatic heterocycles. The van der Waals surface area contributed by atoms with Crippen molar-refractivity contribution in [2.24, 2.45) is 0 Å². The zero-order valence-corrected chi connectivity index (χ0v) is 18.5. The fourth-order valence-electron chi connectivity index (χ4n) is 3.90. The second-order valence-corrected chi connectivity index (χ2v) is 7.99. The summed E-state index contributed by atoms with van der Waals surface area (Å²) in [4.78, 5) is 25.6. The highest BCUT2D eigenvalue weighted by Gasteiger charge is 2.19. The largest absolute Gasteiger partial charge is 0.394 e. The summed E-state index contributed by atoms with van der Waals surface area (Å²) in [6.07, 6.45) is 2.41. The highest BCUT2D eigenvalue weighted by molar-refractivity contribution is 5.97. The first-order chi connectivity index (χ1) is 16.6. The van der Waals surface area contributed by atoms with Crippen molar-refractivity contribution in [2.75, 3.05) is 23.8 Å². The number of aryl methyl sites for hydroxylation is 1. The summed E-state index contributed by atoms with van der Waals surface area (Å²) < 4.78 is 0. The van der Waals surface area contributed by atoms with E-state index in [0.717, 1.165) is 23.2 Å². The Morgan fingerprint density at radius 1 is 1.12 bits per heavy atom. The standard InChI is InChI=1S/C24H24N8O2/c1-14-27-22(32-31-14)19-12-26-24(28-17-7-8-18-16(11-17)9-10-25-23(18)34)30-21(19)29-20(13-33)15-5-3-2-4-6-15/h2-8,11-12,20,33H,9-10,13H2,1H3,(H,25,34)(H,27,31,32)(H2,26,28,29,30)/t20-/m1/s1. The molecular formula is C24H24N8O2. The summed E-state index contributed by atoms with van der Waals surface area (Å²) in [5, 5.41) is 26.5. The SMILES string of the molecule is Cc1nc(-c2cnc(Nc3ccc4c(c3)CCNC4=O)nc2N[C@H](CO)c2ccccc2)n[nH]1. The molecule has 172 valence electrons. The van der Waals surface area contributed by atoms with Gasteiger partial charge in [0.05, 0.1) is 18.2 Å². The Kier molecular flexibility index (Phi) is 5.88. The maximum absolute atomic E-state index is 12.0. The van der Waals surface area contributed by atoms with Crippen LogP contribution in [0.5, 0.6) is 0 Å². The number of carbonyl (C=O) groups is 1. The van der Waals surface area contributed by atoms with Gasteiger partial charge in [0.15, 0.2) is 5.82 Å². The number of carbonyl (C=O) groups excluding carboxylic acids is 1. The molecule has 1 amide bonds. The smallest absolute Gasteiger partial charge is 0.251 e. The lowest BCUT2D eigenvalue weighted by molar-refractivity contribution is 0.0946. The summed E-state index contributed by atoms with van der Waals surface area (Å²) >= 11 is 0. The molecule has 0 bridgehead atoms. The lowest BCUT2D eigenvalue weighted by Gasteiger charge is -2.20. The van der Waals surface area contributed by atoms with E-state index in [1.807, 2.05) is 49.4 Å². The first-order valence-corrected chi connectivity index (χ1v) is 11.0. The van der Waals surface area contributed by atoms with E-state index < -0.39 is 0 Å². The van der Waals surface area contributed by atoms with E-state index in [1.165, 1.54) is 0 Å². The number of benzene rings is 2. The van der Waals surface area contributed by atoms with E-state index in [-0.39, 0.29) is 18.6 Å². The number of H-pyrrole nitrogens is 1. The number of rotatable bonds is 7. The van der Waals surface area contributed by atoms with E-state index in [1.54, 1.807) is 12.3 Å². The van der Waals surface area contributed by atoms with E-state index in [4.69, 9.17) is 0 Å². The van der Waals surface area contributed by atoms with E-state index >= 15 is 0 Å². The number of aromatic amines is 1. The van der Waals surface area contributed by atoms with Crippen LogP contribution >= 0.6 is 0 Å². The van der Waals surface area contributed by atoms with Gasteiger partial charge in [-0.05, 0) is 42.7 Å². The number of aliphatic hydroxyl groups excluding tert-OH is 1. The molecule has 0 fully saturated rings. The molecule has 1 aliphatic rings. The average molecular weight is 457 g/mol. The minimum absolute atomic E-state index is 0.0577. The lowest BCUT2D eigenvalue weighted by atomic mass is 10.00. The van der Waals surface area contributed by atoms with Crippen LogP contribution in [0.15, 0.2) is 54.7 Å². The maximum atomic E-state index is 12.0. The number of fused-ring (bicyclic) bond motifs is 1. The molecule has 0 aliphatic carbocycles.